The number of aryl methyl sites for hydroxylation is 1. The van der Waals surface area contributed by atoms with Crippen molar-refractivity contribution < 1.29 is 12.8 Å². The molecule has 0 aliphatic carbocycles. The molecule has 0 bridgehead atoms. The van der Waals surface area contributed by atoms with Gasteiger partial charge in [0.1, 0.15) is 5.76 Å². The smallest absolute Gasteiger partial charge is 0.226 e. The number of benzene rings is 1. The predicted molar refractivity (Wildman–Crippen MR) is 88.4 cm³/mol. The lowest BCUT2D eigenvalue weighted by Crippen LogP contribution is -2.47. The molecule has 0 amide bonds. The lowest BCUT2D eigenvalue weighted by Gasteiger charge is -2.32. The van der Waals surface area contributed by atoms with Crippen LogP contribution in [0.2, 0.25) is 0 Å². The number of hydrogen-bond acceptors (Lipinski definition) is 5. The summed E-state index contributed by atoms with van der Waals surface area (Å²) in [5, 5.41) is 0. The average molecular weight is 335 g/mol. The van der Waals surface area contributed by atoms with Gasteiger partial charge in [0.15, 0.2) is 0 Å². The Morgan fingerprint density at radius 1 is 1.13 bits per heavy atom. The lowest BCUT2D eigenvalue weighted by molar-refractivity contribution is 0.180. The molecule has 1 saturated heterocycles. The largest absolute Gasteiger partial charge is 0.441 e. The summed E-state index contributed by atoms with van der Waals surface area (Å²) in [5.41, 5.74) is 1.88. The summed E-state index contributed by atoms with van der Waals surface area (Å²) in [6.45, 7) is 5.07. The van der Waals surface area contributed by atoms with E-state index in [0.717, 1.165) is 17.0 Å². The summed E-state index contributed by atoms with van der Waals surface area (Å²) in [6.07, 6.45) is 1.26. The van der Waals surface area contributed by atoms with E-state index >= 15 is 0 Å². The first kappa shape index (κ1) is 16.2. The van der Waals surface area contributed by atoms with Gasteiger partial charge in [0.2, 0.25) is 15.9 Å². The molecule has 1 aliphatic heterocycles. The van der Waals surface area contributed by atoms with Crippen molar-refractivity contribution in [2.75, 3.05) is 32.4 Å². The molecule has 1 aromatic carbocycles. The zero-order valence-corrected chi connectivity index (χ0v) is 14.2. The molecule has 0 radical (unpaired) electrons. The maximum atomic E-state index is 11.5. The molecule has 23 heavy (non-hydrogen) atoms. The van der Waals surface area contributed by atoms with Crippen molar-refractivity contribution in [3.8, 4) is 11.5 Å². The summed E-state index contributed by atoms with van der Waals surface area (Å²) in [5.74, 6) is 1.45. The van der Waals surface area contributed by atoms with Gasteiger partial charge in [0.25, 0.3) is 0 Å². The van der Waals surface area contributed by atoms with E-state index in [1.165, 1.54) is 10.6 Å². The summed E-state index contributed by atoms with van der Waals surface area (Å²) < 4.78 is 30.4. The first-order valence-corrected chi connectivity index (χ1v) is 9.47. The topological polar surface area (TPSA) is 66.7 Å². The van der Waals surface area contributed by atoms with E-state index in [9.17, 15) is 8.42 Å². The van der Waals surface area contributed by atoms with Gasteiger partial charge in [-0.3, -0.25) is 4.90 Å². The highest BCUT2D eigenvalue weighted by molar-refractivity contribution is 7.88. The van der Waals surface area contributed by atoms with E-state index in [1.54, 1.807) is 0 Å². The van der Waals surface area contributed by atoms with Crippen molar-refractivity contribution in [2.45, 2.75) is 13.5 Å². The van der Waals surface area contributed by atoms with Gasteiger partial charge in [-0.05, 0) is 19.1 Å². The number of hydrogen-bond donors (Lipinski definition) is 0. The monoisotopic (exact) mass is 335 g/mol. The Hall–Kier alpha value is -1.70. The van der Waals surface area contributed by atoms with Crippen LogP contribution in [0.5, 0.6) is 0 Å². The molecular weight excluding hydrogens is 314 g/mol. The Morgan fingerprint density at radius 3 is 2.39 bits per heavy atom. The minimum Gasteiger partial charge on any atom is -0.441 e. The predicted octanol–water partition coefficient (Wildman–Crippen LogP) is 1.73. The van der Waals surface area contributed by atoms with Gasteiger partial charge >= 0.3 is 0 Å². The van der Waals surface area contributed by atoms with Gasteiger partial charge in [0, 0.05) is 38.3 Å². The van der Waals surface area contributed by atoms with Gasteiger partial charge in [-0.25, -0.2) is 13.4 Å². The van der Waals surface area contributed by atoms with Crippen LogP contribution in [0.1, 0.15) is 11.5 Å². The molecule has 1 aliphatic rings. The van der Waals surface area contributed by atoms with E-state index in [2.05, 4.69) is 9.88 Å². The summed E-state index contributed by atoms with van der Waals surface area (Å²) >= 11 is 0. The lowest BCUT2D eigenvalue weighted by atomic mass is 10.2. The third-order valence-electron chi connectivity index (χ3n) is 4.09. The number of nitrogens with zero attached hydrogens (tertiary/aromatic N) is 3. The Bertz CT molecular complexity index is 763. The highest BCUT2D eigenvalue weighted by Gasteiger charge is 2.24. The summed E-state index contributed by atoms with van der Waals surface area (Å²) in [6, 6.07) is 9.82. The van der Waals surface area contributed by atoms with E-state index in [0.29, 0.717) is 38.6 Å². The number of aromatic nitrogens is 1. The third-order valence-corrected chi connectivity index (χ3v) is 5.39. The van der Waals surface area contributed by atoms with Crippen LogP contribution in [0, 0.1) is 6.92 Å². The normalized spacial score (nSPS) is 17.5. The standard InChI is InChI=1S/C16H21N3O3S/c1-13-15(17-16(22-13)14-6-4-3-5-7-14)12-18-8-10-19(11-9-18)23(2,20)21/h3-7H,8-12H2,1-2H3. The van der Waals surface area contributed by atoms with Crippen molar-refractivity contribution in [3.63, 3.8) is 0 Å². The minimum absolute atomic E-state index is 0.529. The summed E-state index contributed by atoms with van der Waals surface area (Å²) in [7, 11) is -3.09. The number of sulfonamides is 1. The molecule has 0 saturated carbocycles. The SMILES string of the molecule is Cc1oc(-c2ccccc2)nc1CN1CCN(S(C)(=O)=O)CC1. The molecule has 0 atom stereocenters. The molecule has 1 fully saturated rings. The van der Waals surface area contributed by atoms with Crippen LogP contribution in [0.4, 0.5) is 0 Å². The molecule has 0 unspecified atom stereocenters. The highest BCUT2D eigenvalue weighted by Crippen LogP contribution is 2.22. The van der Waals surface area contributed by atoms with Crippen molar-refractivity contribution >= 4 is 10.0 Å². The van der Waals surface area contributed by atoms with E-state index in [4.69, 9.17) is 4.42 Å². The molecule has 3 rings (SSSR count). The molecule has 0 spiro atoms. The van der Waals surface area contributed by atoms with Crippen molar-refractivity contribution in [2.24, 2.45) is 0 Å². The maximum absolute atomic E-state index is 11.5. The molecule has 7 heteroatoms. The van der Waals surface area contributed by atoms with Gasteiger partial charge in [0.05, 0.1) is 11.9 Å². The Morgan fingerprint density at radius 2 is 1.78 bits per heavy atom. The molecule has 2 heterocycles. The Kier molecular flexibility index (Phi) is 4.52. The number of piperazine rings is 1. The van der Waals surface area contributed by atoms with Crippen LogP contribution in [0.15, 0.2) is 34.7 Å². The van der Waals surface area contributed by atoms with Crippen molar-refractivity contribution in [3.05, 3.63) is 41.8 Å². The molecule has 0 N–H and O–H groups in total. The molecular formula is C16H21N3O3S. The van der Waals surface area contributed by atoms with Crippen LogP contribution in [0.3, 0.4) is 0 Å². The van der Waals surface area contributed by atoms with Crippen LogP contribution in [0.25, 0.3) is 11.5 Å². The van der Waals surface area contributed by atoms with Gasteiger partial charge in [-0.15, -0.1) is 0 Å². The second-order valence-corrected chi connectivity index (χ2v) is 7.81. The Balaban J connectivity index is 1.67. The fraction of sp³-hybridized carbons (Fsp3) is 0.438. The fourth-order valence-corrected chi connectivity index (χ4v) is 3.54. The number of oxazole rings is 1. The third kappa shape index (κ3) is 3.80. The van der Waals surface area contributed by atoms with Crippen molar-refractivity contribution in [1.29, 1.82) is 0 Å². The zero-order chi connectivity index (χ0) is 16.4. The van der Waals surface area contributed by atoms with Crippen LogP contribution < -0.4 is 0 Å². The quantitative estimate of drug-likeness (QED) is 0.851. The van der Waals surface area contributed by atoms with Gasteiger partial charge in [-0.2, -0.15) is 4.31 Å². The first-order chi connectivity index (χ1) is 10.9. The maximum Gasteiger partial charge on any atom is 0.226 e. The molecule has 124 valence electrons. The molecule has 1 aromatic heterocycles. The van der Waals surface area contributed by atoms with Gasteiger partial charge < -0.3 is 4.42 Å². The fourth-order valence-electron chi connectivity index (χ4n) is 2.71. The average Bonchev–Trinajstić information content (AvgIpc) is 2.89. The molecule has 6 nitrogen and oxygen atoms in total. The van der Waals surface area contributed by atoms with E-state index in [-0.39, 0.29) is 0 Å². The first-order valence-electron chi connectivity index (χ1n) is 7.62. The zero-order valence-electron chi connectivity index (χ0n) is 13.4. The summed E-state index contributed by atoms with van der Waals surface area (Å²) in [4.78, 5) is 6.81. The second-order valence-electron chi connectivity index (χ2n) is 5.83. The number of rotatable bonds is 4. The second kappa shape index (κ2) is 6.43. The van der Waals surface area contributed by atoms with Crippen molar-refractivity contribution in [1.82, 2.24) is 14.2 Å². The van der Waals surface area contributed by atoms with Gasteiger partial charge in [-0.1, -0.05) is 18.2 Å². The molecule has 2 aromatic rings. The van der Waals surface area contributed by atoms with E-state index in [1.807, 2.05) is 37.3 Å². The Labute approximate surface area is 136 Å². The van der Waals surface area contributed by atoms with Crippen LogP contribution >= 0.6 is 0 Å². The highest BCUT2D eigenvalue weighted by atomic mass is 32.2. The minimum atomic E-state index is -3.09. The van der Waals surface area contributed by atoms with E-state index < -0.39 is 10.0 Å². The van der Waals surface area contributed by atoms with Crippen LogP contribution in [-0.2, 0) is 16.6 Å². The van der Waals surface area contributed by atoms with Crippen LogP contribution in [-0.4, -0.2) is 55.0 Å².